The van der Waals surface area contributed by atoms with Crippen LogP contribution in [0.5, 0.6) is 5.75 Å². The van der Waals surface area contributed by atoms with Crippen LogP contribution in [0.4, 0.5) is 16.2 Å². The standard InChI is InChI=1S/C15H12ClN3O2/c1-21-12-4-2-3-11(8-12)18-15(20)19-14-6-5-10(9-17)7-13(14)16/h2-8H,1H3,(H2,18,19,20). The number of amides is 2. The minimum Gasteiger partial charge on any atom is -0.497 e. The lowest BCUT2D eigenvalue weighted by Crippen LogP contribution is -2.19. The zero-order valence-electron chi connectivity index (χ0n) is 11.2. The van der Waals surface area contributed by atoms with Gasteiger partial charge in [0.05, 0.1) is 29.5 Å². The number of benzene rings is 2. The number of halogens is 1. The van der Waals surface area contributed by atoms with Crippen LogP contribution in [0.3, 0.4) is 0 Å². The predicted octanol–water partition coefficient (Wildman–Crippen LogP) is 3.86. The molecule has 0 aliphatic rings. The Kier molecular flexibility index (Phi) is 4.64. The van der Waals surface area contributed by atoms with E-state index < -0.39 is 6.03 Å². The van der Waals surface area contributed by atoms with Gasteiger partial charge in [0.15, 0.2) is 0 Å². The van der Waals surface area contributed by atoms with Crippen LogP contribution in [0.2, 0.25) is 5.02 Å². The van der Waals surface area contributed by atoms with Crippen molar-refractivity contribution in [2.75, 3.05) is 17.7 Å². The number of nitriles is 1. The van der Waals surface area contributed by atoms with Crippen molar-refractivity contribution in [2.45, 2.75) is 0 Å². The van der Waals surface area contributed by atoms with E-state index in [1.165, 1.54) is 6.07 Å². The Labute approximate surface area is 127 Å². The molecule has 0 bridgehead atoms. The lowest BCUT2D eigenvalue weighted by molar-refractivity contribution is 0.262. The summed E-state index contributed by atoms with van der Waals surface area (Å²) >= 11 is 5.99. The van der Waals surface area contributed by atoms with Gasteiger partial charge in [-0.1, -0.05) is 17.7 Å². The van der Waals surface area contributed by atoms with E-state index in [0.717, 1.165) is 0 Å². The smallest absolute Gasteiger partial charge is 0.323 e. The van der Waals surface area contributed by atoms with Gasteiger partial charge >= 0.3 is 6.03 Å². The summed E-state index contributed by atoms with van der Waals surface area (Å²) in [4.78, 5) is 11.9. The number of carbonyl (C=O) groups excluding carboxylic acids is 1. The highest BCUT2D eigenvalue weighted by Crippen LogP contribution is 2.23. The molecule has 2 aromatic rings. The third kappa shape index (κ3) is 3.88. The van der Waals surface area contributed by atoms with Crippen molar-refractivity contribution < 1.29 is 9.53 Å². The molecule has 0 fully saturated rings. The number of anilines is 2. The van der Waals surface area contributed by atoms with Crippen LogP contribution < -0.4 is 15.4 Å². The first-order valence-electron chi connectivity index (χ1n) is 6.04. The second kappa shape index (κ2) is 6.64. The highest BCUT2D eigenvalue weighted by Gasteiger charge is 2.07. The van der Waals surface area contributed by atoms with Crippen LogP contribution in [0, 0.1) is 11.3 Å². The molecule has 0 aromatic heterocycles. The zero-order valence-corrected chi connectivity index (χ0v) is 11.9. The predicted molar refractivity (Wildman–Crippen MR) is 81.8 cm³/mol. The van der Waals surface area contributed by atoms with E-state index >= 15 is 0 Å². The quantitative estimate of drug-likeness (QED) is 0.904. The molecule has 0 unspecified atom stereocenters. The van der Waals surface area contributed by atoms with Crippen molar-refractivity contribution in [1.82, 2.24) is 0 Å². The van der Waals surface area contributed by atoms with Crippen LogP contribution in [-0.2, 0) is 0 Å². The minimum absolute atomic E-state index is 0.301. The first kappa shape index (κ1) is 14.7. The summed E-state index contributed by atoms with van der Waals surface area (Å²) in [7, 11) is 1.55. The lowest BCUT2D eigenvalue weighted by atomic mass is 10.2. The maximum absolute atomic E-state index is 11.9. The molecule has 6 heteroatoms. The molecule has 2 rings (SSSR count). The summed E-state index contributed by atoms with van der Waals surface area (Å²) in [5.74, 6) is 0.643. The van der Waals surface area contributed by atoms with Gasteiger partial charge in [0.1, 0.15) is 5.75 Å². The van der Waals surface area contributed by atoms with Crippen LogP contribution in [-0.4, -0.2) is 13.1 Å². The van der Waals surface area contributed by atoms with Gasteiger partial charge < -0.3 is 15.4 Å². The van der Waals surface area contributed by atoms with Gasteiger partial charge in [-0.25, -0.2) is 4.79 Å². The van der Waals surface area contributed by atoms with E-state index in [9.17, 15) is 4.79 Å². The second-order valence-electron chi connectivity index (χ2n) is 4.12. The molecular weight excluding hydrogens is 290 g/mol. The zero-order chi connectivity index (χ0) is 15.2. The van der Waals surface area contributed by atoms with Crippen molar-refractivity contribution in [1.29, 1.82) is 5.26 Å². The molecule has 0 heterocycles. The molecule has 5 nitrogen and oxygen atoms in total. The van der Waals surface area contributed by atoms with Gasteiger partial charge in [-0.15, -0.1) is 0 Å². The number of carbonyl (C=O) groups is 1. The van der Waals surface area contributed by atoms with Gasteiger partial charge in [0.2, 0.25) is 0 Å². The summed E-state index contributed by atoms with van der Waals surface area (Å²) in [6, 6.07) is 13.2. The number of hydrogen-bond donors (Lipinski definition) is 2. The molecule has 21 heavy (non-hydrogen) atoms. The van der Waals surface area contributed by atoms with E-state index in [1.54, 1.807) is 43.5 Å². The highest BCUT2D eigenvalue weighted by molar-refractivity contribution is 6.33. The monoisotopic (exact) mass is 301 g/mol. The van der Waals surface area contributed by atoms with Gasteiger partial charge in [-0.3, -0.25) is 0 Å². The lowest BCUT2D eigenvalue weighted by Gasteiger charge is -2.10. The Morgan fingerprint density at radius 2 is 2.05 bits per heavy atom. The van der Waals surface area contributed by atoms with E-state index in [4.69, 9.17) is 21.6 Å². The van der Waals surface area contributed by atoms with E-state index in [1.807, 2.05) is 6.07 Å². The van der Waals surface area contributed by atoms with Gasteiger partial charge in [0, 0.05) is 11.8 Å². The van der Waals surface area contributed by atoms with Crippen molar-refractivity contribution in [3.63, 3.8) is 0 Å². The highest BCUT2D eigenvalue weighted by atomic mass is 35.5. The van der Waals surface area contributed by atoms with Crippen LogP contribution >= 0.6 is 11.6 Å². The van der Waals surface area contributed by atoms with E-state index in [0.29, 0.717) is 27.7 Å². The maximum Gasteiger partial charge on any atom is 0.323 e. The van der Waals surface area contributed by atoms with Crippen LogP contribution in [0.25, 0.3) is 0 Å². The summed E-state index contributed by atoms with van der Waals surface area (Å²) in [6.45, 7) is 0. The average Bonchev–Trinajstić information content (AvgIpc) is 2.49. The molecule has 0 spiro atoms. The van der Waals surface area contributed by atoms with Crippen molar-refractivity contribution in [2.24, 2.45) is 0 Å². The first-order valence-corrected chi connectivity index (χ1v) is 6.42. The van der Waals surface area contributed by atoms with E-state index in [2.05, 4.69) is 10.6 Å². The molecule has 0 aliphatic heterocycles. The molecule has 2 N–H and O–H groups in total. The van der Waals surface area contributed by atoms with Crippen molar-refractivity contribution in [3.05, 3.63) is 53.1 Å². The second-order valence-corrected chi connectivity index (χ2v) is 4.52. The normalized spacial score (nSPS) is 9.57. The summed E-state index contributed by atoms with van der Waals surface area (Å²) in [5, 5.41) is 14.3. The number of methoxy groups -OCH3 is 1. The molecule has 106 valence electrons. The largest absolute Gasteiger partial charge is 0.497 e. The fourth-order valence-electron chi connectivity index (χ4n) is 1.67. The van der Waals surface area contributed by atoms with Crippen molar-refractivity contribution >= 4 is 29.0 Å². The molecule has 2 amide bonds. The van der Waals surface area contributed by atoms with E-state index in [-0.39, 0.29) is 0 Å². The molecule has 0 atom stereocenters. The molecule has 0 saturated carbocycles. The molecular formula is C15H12ClN3O2. The fraction of sp³-hybridized carbons (Fsp3) is 0.0667. The number of ether oxygens (including phenoxy) is 1. The minimum atomic E-state index is -0.435. The Morgan fingerprint density at radius 1 is 1.24 bits per heavy atom. The number of rotatable bonds is 3. The average molecular weight is 302 g/mol. The maximum atomic E-state index is 11.9. The first-order chi connectivity index (χ1) is 10.1. The Bertz CT molecular complexity index is 710. The fourth-order valence-corrected chi connectivity index (χ4v) is 1.90. The number of nitrogens with one attached hydrogen (secondary N) is 2. The van der Waals surface area contributed by atoms with Gasteiger partial charge in [-0.2, -0.15) is 5.26 Å². The Hall–Kier alpha value is -2.71. The summed E-state index contributed by atoms with van der Waals surface area (Å²) < 4.78 is 5.08. The van der Waals surface area contributed by atoms with Crippen molar-refractivity contribution in [3.8, 4) is 11.8 Å². The third-order valence-electron chi connectivity index (χ3n) is 2.67. The van der Waals surface area contributed by atoms with Crippen LogP contribution in [0.15, 0.2) is 42.5 Å². The Balaban J connectivity index is 2.06. The molecule has 0 radical (unpaired) electrons. The van der Waals surface area contributed by atoms with Crippen LogP contribution in [0.1, 0.15) is 5.56 Å². The summed E-state index contributed by atoms with van der Waals surface area (Å²) in [5.41, 5.74) is 1.45. The summed E-state index contributed by atoms with van der Waals surface area (Å²) in [6.07, 6.45) is 0. The van der Waals surface area contributed by atoms with Gasteiger partial charge in [0.25, 0.3) is 0 Å². The molecule has 2 aromatic carbocycles. The number of hydrogen-bond acceptors (Lipinski definition) is 3. The topological polar surface area (TPSA) is 74.2 Å². The number of nitrogens with zero attached hydrogens (tertiary/aromatic N) is 1. The third-order valence-corrected chi connectivity index (χ3v) is 2.99. The molecule has 0 aliphatic carbocycles. The SMILES string of the molecule is COc1cccc(NC(=O)Nc2ccc(C#N)cc2Cl)c1. The van der Waals surface area contributed by atoms with Gasteiger partial charge in [-0.05, 0) is 30.3 Å². The number of urea groups is 1. The molecule has 0 saturated heterocycles. The Morgan fingerprint density at radius 3 is 2.71 bits per heavy atom.